The first-order valence-electron chi connectivity index (χ1n) is 9.42. The molecule has 0 radical (unpaired) electrons. The van der Waals surface area contributed by atoms with Crippen LogP contribution in [0.25, 0.3) is 32.2 Å². The molecule has 0 aliphatic carbocycles. The van der Waals surface area contributed by atoms with Crippen molar-refractivity contribution in [2.75, 3.05) is 10.6 Å². The van der Waals surface area contributed by atoms with Gasteiger partial charge in [0, 0.05) is 15.9 Å². The van der Waals surface area contributed by atoms with E-state index in [0.29, 0.717) is 0 Å². The molecule has 0 bridgehead atoms. The van der Waals surface area contributed by atoms with E-state index in [9.17, 15) is 4.79 Å². The van der Waals surface area contributed by atoms with Crippen LogP contribution in [0, 0.1) is 6.92 Å². The number of thiophene rings is 2. The van der Waals surface area contributed by atoms with E-state index in [1.54, 1.807) is 22.7 Å². The third-order valence-electron chi connectivity index (χ3n) is 4.76. The minimum absolute atomic E-state index is 0.250. The molecule has 0 fully saturated rings. The van der Waals surface area contributed by atoms with Crippen LogP contribution in [-0.4, -0.2) is 16.0 Å². The number of hydrogen-bond acceptors (Lipinski definition) is 4. The normalized spacial score (nSPS) is 11.0. The average molecular weight is 431 g/mol. The van der Waals surface area contributed by atoms with Gasteiger partial charge in [-0.2, -0.15) is 11.3 Å². The first-order chi connectivity index (χ1) is 14.7. The van der Waals surface area contributed by atoms with Gasteiger partial charge >= 0.3 is 6.03 Å². The topological polar surface area (TPSA) is 69.8 Å². The summed E-state index contributed by atoms with van der Waals surface area (Å²) < 4.78 is 0. The number of aromatic amines is 1. The second kappa shape index (κ2) is 7.78. The molecule has 0 aliphatic rings. The summed E-state index contributed by atoms with van der Waals surface area (Å²) in [6, 6.07) is 19.8. The highest BCUT2D eigenvalue weighted by atomic mass is 32.1. The van der Waals surface area contributed by atoms with Crippen molar-refractivity contribution in [1.82, 2.24) is 9.97 Å². The van der Waals surface area contributed by atoms with Crippen LogP contribution in [0.3, 0.4) is 0 Å². The molecule has 30 heavy (non-hydrogen) atoms. The Hall–Kier alpha value is -3.42. The monoisotopic (exact) mass is 430 g/mol. The summed E-state index contributed by atoms with van der Waals surface area (Å²) in [5, 5.41) is 9.47. The predicted octanol–water partition coefficient (Wildman–Crippen LogP) is 6.97. The number of nitrogens with zero attached hydrogens (tertiary/aromatic N) is 1. The molecule has 5 nitrogen and oxygen atoms in total. The van der Waals surface area contributed by atoms with Crippen LogP contribution in [0.2, 0.25) is 0 Å². The van der Waals surface area contributed by atoms with Gasteiger partial charge in [0.1, 0.15) is 5.82 Å². The number of carbonyl (C=O) groups is 1. The van der Waals surface area contributed by atoms with Gasteiger partial charge in [-0.1, -0.05) is 24.3 Å². The zero-order valence-corrected chi connectivity index (χ0v) is 17.7. The number of fused-ring (bicyclic) bond motifs is 1. The third-order valence-corrected chi connectivity index (χ3v) is 6.58. The molecular formula is C23H18N4OS2. The molecule has 3 N–H and O–H groups in total. The van der Waals surface area contributed by atoms with Gasteiger partial charge in [0.25, 0.3) is 0 Å². The average Bonchev–Trinajstić information content (AvgIpc) is 3.49. The number of carbonyl (C=O) groups excluding carboxylic acids is 1. The highest BCUT2D eigenvalue weighted by Gasteiger charge is 2.11. The lowest BCUT2D eigenvalue weighted by Gasteiger charge is -2.07. The standard InChI is InChI=1S/C23H18N4OS2/c1-14-3-2-4-18-21(14)27-22(26-18)20-10-9-19(30-20)15-5-7-16(8-6-15)24-23(28)25-17-11-12-29-13-17/h2-13H,1H3,(H,26,27)(H2,24,25,28). The molecule has 5 aromatic rings. The lowest BCUT2D eigenvalue weighted by atomic mass is 10.2. The number of aryl methyl sites for hydroxylation is 1. The SMILES string of the molecule is Cc1cccc2[nH]c(-c3ccc(-c4ccc(NC(=O)Nc5ccsc5)cc4)s3)nc12. The summed E-state index contributed by atoms with van der Waals surface area (Å²) in [6.07, 6.45) is 0. The fourth-order valence-electron chi connectivity index (χ4n) is 3.26. The lowest BCUT2D eigenvalue weighted by Crippen LogP contribution is -2.18. The molecule has 0 saturated carbocycles. The highest BCUT2D eigenvalue weighted by molar-refractivity contribution is 7.18. The van der Waals surface area contributed by atoms with Crippen molar-refractivity contribution in [2.24, 2.45) is 0 Å². The molecule has 2 amide bonds. The number of hydrogen-bond donors (Lipinski definition) is 3. The van der Waals surface area contributed by atoms with Crippen LogP contribution in [-0.2, 0) is 0 Å². The molecule has 0 aliphatic heterocycles. The maximum absolute atomic E-state index is 12.1. The number of benzene rings is 2. The second-order valence-electron chi connectivity index (χ2n) is 6.89. The molecule has 7 heteroatoms. The molecule has 0 saturated heterocycles. The van der Waals surface area contributed by atoms with Crippen molar-refractivity contribution in [3.63, 3.8) is 0 Å². The Bertz CT molecular complexity index is 1320. The predicted molar refractivity (Wildman–Crippen MR) is 127 cm³/mol. The minimum atomic E-state index is -0.250. The van der Waals surface area contributed by atoms with Crippen LogP contribution in [0.15, 0.2) is 71.4 Å². The van der Waals surface area contributed by atoms with Gasteiger partial charge in [-0.15, -0.1) is 11.3 Å². The minimum Gasteiger partial charge on any atom is -0.337 e. The first-order valence-corrected chi connectivity index (χ1v) is 11.2. The van der Waals surface area contributed by atoms with Crippen molar-refractivity contribution >= 4 is 51.1 Å². The van der Waals surface area contributed by atoms with Crippen LogP contribution >= 0.6 is 22.7 Å². The summed E-state index contributed by atoms with van der Waals surface area (Å²) in [6.45, 7) is 2.07. The van der Waals surface area contributed by atoms with E-state index in [1.165, 1.54) is 0 Å². The summed E-state index contributed by atoms with van der Waals surface area (Å²) in [5.41, 5.74) is 5.87. The quantitative estimate of drug-likeness (QED) is 0.288. The molecule has 3 heterocycles. The van der Waals surface area contributed by atoms with Crippen LogP contribution in [0.4, 0.5) is 16.2 Å². The van der Waals surface area contributed by atoms with Crippen LogP contribution < -0.4 is 10.6 Å². The number of aromatic nitrogens is 2. The zero-order chi connectivity index (χ0) is 20.5. The van der Waals surface area contributed by atoms with Gasteiger partial charge < -0.3 is 15.6 Å². The Kier molecular flexibility index (Phi) is 4.82. The molecule has 2 aromatic carbocycles. The number of rotatable bonds is 4. The van der Waals surface area contributed by atoms with E-state index in [2.05, 4.69) is 40.7 Å². The van der Waals surface area contributed by atoms with Crippen LogP contribution in [0.1, 0.15) is 5.56 Å². The van der Waals surface area contributed by atoms with Gasteiger partial charge in [0.2, 0.25) is 0 Å². The second-order valence-corrected chi connectivity index (χ2v) is 8.75. The fourth-order valence-corrected chi connectivity index (χ4v) is 4.80. The zero-order valence-electron chi connectivity index (χ0n) is 16.1. The number of imidazole rings is 1. The van der Waals surface area contributed by atoms with Crippen LogP contribution in [0.5, 0.6) is 0 Å². The van der Waals surface area contributed by atoms with E-state index < -0.39 is 0 Å². The van der Waals surface area contributed by atoms with E-state index >= 15 is 0 Å². The molecule has 5 rings (SSSR count). The molecule has 0 spiro atoms. The van der Waals surface area contributed by atoms with Crippen molar-refractivity contribution in [3.05, 3.63) is 77.0 Å². The van der Waals surface area contributed by atoms with Gasteiger partial charge in [-0.3, -0.25) is 0 Å². The maximum atomic E-state index is 12.1. The molecule has 3 aromatic heterocycles. The van der Waals surface area contributed by atoms with E-state index in [-0.39, 0.29) is 6.03 Å². The van der Waals surface area contributed by atoms with Crippen molar-refractivity contribution in [3.8, 4) is 21.1 Å². The Morgan fingerprint density at radius 1 is 0.933 bits per heavy atom. The Balaban J connectivity index is 1.32. The summed E-state index contributed by atoms with van der Waals surface area (Å²) in [4.78, 5) is 22.5. The van der Waals surface area contributed by atoms with Crippen molar-refractivity contribution in [1.29, 1.82) is 0 Å². The van der Waals surface area contributed by atoms with Gasteiger partial charge in [-0.25, -0.2) is 9.78 Å². The number of amides is 2. The molecule has 148 valence electrons. The smallest absolute Gasteiger partial charge is 0.323 e. The molecule has 0 unspecified atom stereocenters. The molecule has 0 atom stereocenters. The van der Waals surface area contributed by atoms with E-state index in [4.69, 9.17) is 4.98 Å². The summed E-state index contributed by atoms with van der Waals surface area (Å²) in [5.74, 6) is 0.888. The lowest BCUT2D eigenvalue weighted by molar-refractivity contribution is 0.262. The maximum Gasteiger partial charge on any atom is 0.323 e. The number of anilines is 2. The number of nitrogens with one attached hydrogen (secondary N) is 3. The van der Waals surface area contributed by atoms with E-state index in [0.717, 1.165) is 49.1 Å². The van der Waals surface area contributed by atoms with Crippen molar-refractivity contribution < 1.29 is 4.79 Å². The summed E-state index contributed by atoms with van der Waals surface area (Å²) in [7, 11) is 0. The van der Waals surface area contributed by atoms with Gasteiger partial charge in [0.05, 0.1) is 21.6 Å². The highest BCUT2D eigenvalue weighted by Crippen LogP contribution is 2.34. The number of H-pyrrole nitrogens is 1. The fraction of sp³-hybridized carbons (Fsp3) is 0.0435. The first kappa shape index (κ1) is 18.6. The summed E-state index contributed by atoms with van der Waals surface area (Å²) >= 11 is 3.23. The Morgan fingerprint density at radius 3 is 2.50 bits per heavy atom. The third kappa shape index (κ3) is 3.72. The largest absolute Gasteiger partial charge is 0.337 e. The molecular weight excluding hydrogens is 412 g/mol. The van der Waals surface area contributed by atoms with E-state index in [1.807, 2.05) is 53.2 Å². The van der Waals surface area contributed by atoms with Crippen molar-refractivity contribution in [2.45, 2.75) is 6.92 Å². The Morgan fingerprint density at radius 2 is 1.73 bits per heavy atom. The number of para-hydroxylation sites is 1. The van der Waals surface area contributed by atoms with Gasteiger partial charge in [0.15, 0.2) is 0 Å². The Labute approximate surface area is 181 Å². The number of urea groups is 1. The van der Waals surface area contributed by atoms with Gasteiger partial charge in [-0.05, 0) is 59.8 Å².